The van der Waals surface area contributed by atoms with Gasteiger partial charge in [-0.2, -0.15) is 9.97 Å². The van der Waals surface area contributed by atoms with E-state index in [0.29, 0.717) is 38.2 Å². The zero-order valence-electron chi connectivity index (χ0n) is 20.2. The number of methoxy groups -OCH3 is 2. The third kappa shape index (κ3) is 4.98. The number of nitrogens with one attached hydrogen (secondary N) is 1. The van der Waals surface area contributed by atoms with Crippen molar-refractivity contribution in [2.75, 3.05) is 43.5 Å². The van der Waals surface area contributed by atoms with E-state index in [2.05, 4.69) is 34.9 Å². The standard InChI is InChI=1S/C21H26FN9O5S/c1-34-18-16(19(35-2)26-12-25-18)31-17(15-6-4-8-36-15)27-28-21(31)29-37(32,33)14-5-3-7-30(11-14)20-23-9-13(22)10-24-20/h9-10,12,14-15H,3-8,11H2,1-2H3,(H,28,29)/t14?,15-/m1/s1. The summed E-state index contributed by atoms with van der Waals surface area (Å²) < 4.78 is 61.1. The Morgan fingerprint density at radius 2 is 1.78 bits per heavy atom. The largest absolute Gasteiger partial charge is 0.479 e. The highest BCUT2D eigenvalue weighted by Gasteiger charge is 2.36. The van der Waals surface area contributed by atoms with Crippen LogP contribution in [0.1, 0.15) is 37.6 Å². The molecular weight excluding hydrogens is 509 g/mol. The van der Waals surface area contributed by atoms with Crippen LogP contribution in [-0.2, 0) is 14.8 Å². The number of anilines is 2. The third-order valence-corrected chi connectivity index (χ3v) is 7.94. The van der Waals surface area contributed by atoms with Crippen molar-refractivity contribution in [2.24, 2.45) is 0 Å². The summed E-state index contributed by atoms with van der Waals surface area (Å²) in [4.78, 5) is 18.0. The number of ether oxygens (including phenoxy) is 3. The highest BCUT2D eigenvalue weighted by Crippen LogP contribution is 2.37. The van der Waals surface area contributed by atoms with Gasteiger partial charge in [0.05, 0.1) is 31.9 Å². The van der Waals surface area contributed by atoms with Crippen LogP contribution in [0.4, 0.5) is 16.3 Å². The minimum atomic E-state index is -3.97. The van der Waals surface area contributed by atoms with E-state index >= 15 is 0 Å². The van der Waals surface area contributed by atoms with E-state index in [1.165, 1.54) is 25.1 Å². The summed E-state index contributed by atoms with van der Waals surface area (Å²) in [6.07, 6.45) is 5.44. The molecule has 0 amide bonds. The van der Waals surface area contributed by atoms with Gasteiger partial charge in [-0.3, -0.25) is 9.29 Å². The first-order valence-electron chi connectivity index (χ1n) is 11.7. The molecule has 3 aromatic rings. The van der Waals surface area contributed by atoms with E-state index in [-0.39, 0.29) is 35.9 Å². The van der Waals surface area contributed by atoms with Crippen molar-refractivity contribution in [1.29, 1.82) is 0 Å². The van der Waals surface area contributed by atoms with Gasteiger partial charge in [0.25, 0.3) is 0 Å². The Bertz CT molecular complexity index is 1330. The van der Waals surface area contributed by atoms with Gasteiger partial charge in [-0.25, -0.2) is 22.8 Å². The van der Waals surface area contributed by atoms with E-state index in [4.69, 9.17) is 14.2 Å². The van der Waals surface area contributed by atoms with Crippen molar-refractivity contribution in [1.82, 2.24) is 34.7 Å². The van der Waals surface area contributed by atoms with Gasteiger partial charge in [-0.15, -0.1) is 10.2 Å². The van der Waals surface area contributed by atoms with Gasteiger partial charge in [0.1, 0.15) is 12.4 Å². The van der Waals surface area contributed by atoms with Crippen LogP contribution in [0.2, 0.25) is 0 Å². The van der Waals surface area contributed by atoms with Crippen LogP contribution in [0.3, 0.4) is 0 Å². The second-order valence-electron chi connectivity index (χ2n) is 8.52. The molecule has 0 aliphatic carbocycles. The van der Waals surface area contributed by atoms with Gasteiger partial charge in [-0.05, 0) is 25.7 Å². The van der Waals surface area contributed by atoms with Crippen molar-refractivity contribution in [2.45, 2.75) is 37.0 Å². The number of aromatic nitrogens is 7. The predicted octanol–water partition coefficient (Wildman–Crippen LogP) is 1.27. The second kappa shape index (κ2) is 10.4. The zero-order chi connectivity index (χ0) is 26.0. The summed E-state index contributed by atoms with van der Waals surface area (Å²) >= 11 is 0. The first-order chi connectivity index (χ1) is 17.9. The third-order valence-electron chi connectivity index (χ3n) is 6.21. The van der Waals surface area contributed by atoms with Gasteiger partial charge >= 0.3 is 0 Å². The van der Waals surface area contributed by atoms with Crippen molar-refractivity contribution in [3.8, 4) is 17.4 Å². The Kier molecular flexibility index (Phi) is 7.01. The summed E-state index contributed by atoms with van der Waals surface area (Å²) in [6, 6.07) is 0. The molecule has 5 rings (SSSR count). The maximum absolute atomic E-state index is 13.6. The first-order valence-corrected chi connectivity index (χ1v) is 13.2. The van der Waals surface area contributed by atoms with Crippen LogP contribution in [0.5, 0.6) is 11.8 Å². The summed E-state index contributed by atoms with van der Waals surface area (Å²) in [6.45, 7) is 1.21. The van der Waals surface area contributed by atoms with Crippen LogP contribution in [0.25, 0.3) is 5.69 Å². The maximum Gasteiger partial charge on any atom is 0.245 e. The molecule has 0 bridgehead atoms. The van der Waals surface area contributed by atoms with Crippen LogP contribution < -0.4 is 19.1 Å². The van der Waals surface area contributed by atoms with Crippen LogP contribution in [0.15, 0.2) is 18.7 Å². The number of piperidine rings is 1. The van der Waals surface area contributed by atoms with E-state index in [0.717, 1.165) is 18.8 Å². The lowest BCUT2D eigenvalue weighted by Crippen LogP contribution is -2.45. The SMILES string of the molecule is COc1ncnc(OC)c1-n1c(NS(=O)(=O)C2CCCN(c3ncc(F)cn3)C2)nnc1[C@H]1CCCO1. The van der Waals surface area contributed by atoms with Crippen LogP contribution in [0, 0.1) is 5.82 Å². The molecule has 2 aliphatic heterocycles. The number of hydrogen-bond donors (Lipinski definition) is 1. The molecule has 0 aromatic carbocycles. The van der Waals surface area contributed by atoms with Gasteiger partial charge in [0.15, 0.2) is 17.3 Å². The zero-order valence-corrected chi connectivity index (χ0v) is 21.1. The van der Waals surface area contributed by atoms with Gasteiger partial charge < -0.3 is 19.1 Å². The molecular formula is C21H26FN9O5S. The Morgan fingerprint density at radius 1 is 1.05 bits per heavy atom. The fourth-order valence-electron chi connectivity index (χ4n) is 4.46. The van der Waals surface area contributed by atoms with Crippen LogP contribution in [-0.4, -0.2) is 82.3 Å². The van der Waals surface area contributed by atoms with E-state index < -0.39 is 27.2 Å². The van der Waals surface area contributed by atoms with E-state index in [9.17, 15) is 12.8 Å². The molecule has 198 valence electrons. The van der Waals surface area contributed by atoms with E-state index in [1.807, 2.05) is 0 Å². The second-order valence-corrected chi connectivity index (χ2v) is 10.5. The first kappa shape index (κ1) is 25.0. The van der Waals surface area contributed by atoms with Crippen LogP contribution >= 0.6 is 0 Å². The van der Waals surface area contributed by atoms with Crippen molar-refractivity contribution < 1.29 is 27.0 Å². The molecule has 2 atom stereocenters. The molecule has 5 heterocycles. The Balaban J connectivity index is 1.50. The van der Waals surface area contributed by atoms with Gasteiger partial charge in [-0.1, -0.05) is 0 Å². The molecule has 16 heteroatoms. The lowest BCUT2D eigenvalue weighted by molar-refractivity contribution is 0.103. The summed E-state index contributed by atoms with van der Waals surface area (Å²) in [5, 5.41) is 7.59. The van der Waals surface area contributed by atoms with Gasteiger partial charge in [0.2, 0.25) is 33.7 Å². The number of hydrogen-bond acceptors (Lipinski definition) is 12. The molecule has 1 unspecified atom stereocenters. The van der Waals surface area contributed by atoms with Crippen molar-refractivity contribution >= 4 is 21.9 Å². The number of sulfonamides is 1. The molecule has 2 aliphatic rings. The van der Waals surface area contributed by atoms with Crippen molar-refractivity contribution in [3.63, 3.8) is 0 Å². The highest BCUT2D eigenvalue weighted by atomic mass is 32.2. The molecule has 2 fully saturated rings. The number of nitrogens with zero attached hydrogens (tertiary/aromatic N) is 8. The molecule has 1 N–H and O–H groups in total. The normalized spacial score (nSPS) is 20.1. The summed E-state index contributed by atoms with van der Waals surface area (Å²) in [7, 11) is -1.11. The minimum Gasteiger partial charge on any atom is -0.479 e. The topological polar surface area (TPSA) is 159 Å². The lowest BCUT2D eigenvalue weighted by Gasteiger charge is -2.32. The number of halogens is 1. The Labute approximate surface area is 212 Å². The van der Waals surface area contributed by atoms with Gasteiger partial charge in [0, 0.05) is 19.7 Å². The summed E-state index contributed by atoms with van der Waals surface area (Å²) in [5.74, 6) is 0.274. The maximum atomic E-state index is 13.6. The average molecular weight is 536 g/mol. The number of rotatable bonds is 8. The highest BCUT2D eigenvalue weighted by molar-refractivity contribution is 7.93. The summed E-state index contributed by atoms with van der Waals surface area (Å²) in [5.41, 5.74) is 0.241. The molecule has 0 saturated carbocycles. The predicted molar refractivity (Wildman–Crippen MR) is 128 cm³/mol. The molecule has 0 spiro atoms. The lowest BCUT2D eigenvalue weighted by atomic mass is 10.1. The quantitative estimate of drug-likeness (QED) is 0.441. The Morgan fingerprint density at radius 3 is 2.43 bits per heavy atom. The van der Waals surface area contributed by atoms with Crippen molar-refractivity contribution in [3.05, 3.63) is 30.4 Å². The smallest absolute Gasteiger partial charge is 0.245 e. The molecule has 3 aromatic heterocycles. The van der Waals surface area contributed by atoms with E-state index in [1.54, 1.807) is 4.90 Å². The Hall–Kier alpha value is -3.66. The molecule has 14 nitrogen and oxygen atoms in total. The minimum absolute atomic E-state index is 0.0768. The fourth-order valence-corrected chi connectivity index (χ4v) is 5.87. The fraction of sp³-hybridized carbons (Fsp3) is 0.524. The molecule has 2 saturated heterocycles. The molecule has 0 radical (unpaired) electrons. The average Bonchev–Trinajstić information content (AvgIpc) is 3.58. The molecule has 37 heavy (non-hydrogen) atoms. The monoisotopic (exact) mass is 535 g/mol.